The van der Waals surface area contributed by atoms with Crippen LogP contribution in [0.4, 0.5) is 0 Å². The first-order valence-corrected chi connectivity index (χ1v) is 11.9. The van der Waals surface area contributed by atoms with Crippen molar-refractivity contribution >= 4 is 5.97 Å². The molecule has 5 unspecified atom stereocenters. The van der Waals surface area contributed by atoms with Crippen LogP contribution in [0, 0.1) is 40.9 Å². The van der Waals surface area contributed by atoms with E-state index in [0.717, 1.165) is 30.1 Å². The van der Waals surface area contributed by atoms with Gasteiger partial charge in [0, 0.05) is 5.92 Å². The molecular weight excluding hydrogens is 332 g/mol. The lowest BCUT2D eigenvalue weighted by molar-refractivity contribution is -0.176. The maximum atomic E-state index is 12.8. The van der Waals surface area contributed by atoms with Crippen LogP contribution < -0.4 is 0 Å². The highest BCUT2D eigenvalue weighted by molar-refractivity contribution is 5.76. The minimum Gasteiger partial charge on any atom is -0.459 e. The van der Waals surface area contributed by atoms with Gasteiger partial charge in [0.2, 0.25) is 0 Å². The summed E-state index contributed by atoms with van der Waals surface area (Å²) in [6.07, 6.45) is 7.89. The Labute approximate surface area is 170 Å². The van der Waals surface area contributed by atoms with E-state index in [2.05, 4.69) is 27.7 Å². The number of fused-ring (bicyclic) bond motifs is 5. The summed E-state index contributed by atoms with van der Waals surface area (Å²) >= 11 is 0. The van der Waals surface area contributed by atoms with Crippen LogP contribution in [0.5, 0.6) is 0 Å². The lowest BCUT2D eigenvalue weighted by Crippen LogP contribution is -2.45. The largest absolute Gasteiger partial charge is 0.459 e. The van der Waals surface area contributed by atoms with E-state index in [4.69, 9.17) is 4.74 Å². The number of hydrogen-bond acceptors (Lipinski definition) is 2. The number of rotatable bonds is 5. The number of carbonyl (C=O) groups excluding carboxylic acids is 1. The second-order valence-corrected chi connectivity index (χ2v) is 10.2. The Morgan fingerprint density at radius 3 is 2.04 bits per heavy atom. The van der Waals surface area contributed by atoms with Crippen LogP contribution in [0.1, 0.15) is 108 Å². The van der Waals surface area contributed by atoms with E-state index in [9.17, 15) is 4.79 Å². The standard InChI is InChI=1S/C21H36O2.2C2H6/c1-13(2)12-20(3,4)19(22)23-21(5,6)18-11-14-10-17(18)16-9-7-8-15(14)16;2*1-2/h13-18H,7-12H2,1-6H3;2*1-2H3. The molecule has 0 N–H and O–H groups in total. The average Bonchev–Trinajstić information content (AvgIpc) is 3.30. The summed E-state index contributed by atoms with van der Waals surface area (Å²) in [7, 11) is 0. The summed E-state index contributed by atoms with van der Waals surface area (Å²) < 4.78 is 6.15. The van der Waals surface area contributed by atoms with Crippen molar-refractivity contribution in [3.8, 4) is 0 Å². The first kappa shape index (κ1) is 24.5. The zero-order valence-corrected chi connectivity index (χ0v) is 20.0. The van der Waals surface area contributed by atoms with Crippen molar-refractivity contribution in [3.63, 3.8) is 0 Å². The molecule has 5 atom stereocenters. The van der Waals surface area contributed by atoms with E-state index < -0.39 is 0 Å². The molecule has 2 bridgehead atoms. The van der Waals surface area contributed by atoms with Crippen molar-refractivity contribution in [3.05, 3.63) is 0 Å². The molecule has 0 saturated heterocycles. The summed E-state index contributed by atoms with van der Waals surface area (Å²) in [4.78, 5) is 12.8. The molecule has 2 heteroatoms. The van der Waals surface area contributed by atoms with E-state index >= 15 is 0 Å². The Morgan fingerprint density at radius 2 is 1.48 bits per heavy atom. The fraction of sp³-hybridized carbons (Fsp3) is 0.960. The molecular formula is C25H48O2. The van der Waals surface area contributed by atoms with Gasteiger partial charge in [-0.15, -0.1) is 0 Å². The molecule has 0 heterocycles. The molecule has 0 radical (unpaired) electrons. The normalized spacial score (nSPS) is 31.6. The predicted octanol–water partition coefficient (Wildman–Crippen LogP) is 7.51. The molecule has 0 aliphatic heterocycles. The lowest BCUT2D eigenvalue weighted by Gasteiger charge is -2.42. The average molecular weight is 381 g/mol. The minimum atomic E-state index is -0.376. The van der Waals surface area contributed by atoms with Gasteiger partial charge in [0.15, 0.2) is 0 Å². The molecule has 0 aromatic heterocycles. The van der Waals surface area contributed by atoms with Gasteiger partial charge in [-0.1, -0.05) is 48.0 Å². The van der Waals surface area contributed by atoms with Gasteiger partial charge in [0.05, 0.1) is 5.41 Å². The highest BCUT2D eigenvalue weighted by Crippen LogP contribution is 2.63. The van der Waals surface area contributed by atoms with Crippen LogP contribution in [0.25, 0.3) is 0 Å². The van der Waals surface area contributed by atoms with Gasteiger partial charge in [-0.05, 0) is 89.4 Å². The molecule has 0 amide bonds. The first-order valence-electron chi connectivity index (χ1n) is 11.9. The van der Waals surface area contributed by atoms with Crippen molar-refractivity contribution in [2.75, 3.05) is 0 Å². The van der Waals surface area contributed by atoms with Crippen molar-refractivity contribution in [2.45, 2.75) is 113 Å². The van der Waals surface area contributed by atoms with E-state index in [0.29, 0.717) is 11.8 Å². The Morgan fingerprint density at radius 1 is 0.926 bits per heavy atom. The zero-order chi connectivity index (χ0) is 21.0. The number of carbonyl (C=O) groups is 1. The van der Waals surface area contributed by atoms with Crippen molar-refractivity contribution in [2.24, 2.45) is 40.9 Å². The zero-order valence-electron chi connectivity index (χ0n) is 20.0. The van der Waals surface area contributed by atoms with Gasteiger partial charge < -0.3 is 4.74 Å². The lowest BCUT2D eigenvalue weighted by atomic mass is 9.70. The molecule has 2 nitrogen and oxygen atoms in total. The van der Waals surface area contributed by atoms with Crippen molar-refractivity contribution < 1.29 is 9.53 Å². The molecule has 3 aliphatic carbocycles. The van der Waals surface area contributed by atoms with Crippen LogP contribution in [-0.2, 0) is 9.53 Å². The minimum absolute atomic E-state index is 0.00180. The molecule has 160 valence electrons. The SMILES string of the molecule is CC.CC.CC(C)CC(C)(C)C(=O)OC(C)(C)C1CC2CC1C1CCCC21. The second-order valence-electron chi connectivity index (χ2n) is 10.2. The molecule has 0 aromatic carbocycles. The molecule has 3 aliphatic rings. The Kier molecular flexibility index (Phi) is 8.89. The fourth-order valence-electron chi connectivity index (χ4n) is 6.42. The van der Waals surface area contributed by atoms with Crippen LogP contribution in [0.15, 0.2) is 0 Å². The third-order valence-electron chi connectivity index (χ3n) is 7.15. The van der Waals surface area contributed by atoms with Crippen LogP contribution >= 0.6 is 0 Å². The monoisotopic (exact) mass is 380 g/mol. The number of ether oxygens (including phenoxy) is 1. The number of hydrogen-bond donors (Lipinski definition) is 0. The van der Waals surface area contributed by atoms with Gasteiger partial charge >= 0.3 is 5.97 Å². The molecule has 3 fully saturated rings. The van der Waals surface area contributed by atoms with Crippen LogP contribution in [0.2, 0.25) is 0 Å². The maximum Gasteiger partial charge on any atom is 0.312 e. The summed E-state index contributed by atoms with van der Waals surface area (Å²) in [6, 6.07) is 0. The van der Waals surface area contributed by atoms with Gasteiger partial charge in [0.1, 0.15) is 5.60 Å². The third kappa shape index (κ3) is 5.30. The maximum absolute atomic E-state index is 12.8. The van der Waals surface area contributed by atoms with Gasteiger partial charge in [0.25, 0.3) is 0 Å². The molecule has 0 spiro atoms. The topological polar surface area (TPSA) is 26.3 Å². The van der Waals surface area contributed by atoms with Crippen LogP contribution in [0.3, 0.4) is 0 Å². The first-order chi connectivity index (χ1) is 12.6. The van der Waals surface area contributed by atoms with Crippen molar-refractivity contribution in [1.29, 1.82) is 0 Å². The Hall–Kier alpha value is -0.530. The van der Waals surface area contributed by atoms with E-state index in [-0.39, 0.29) is 17.0 Å². The van der Waals surface area contributed by atoms with Crippen LogP contribution in [-0.4, -0.2) is 11.6 Å². The molecule has 3 rings (SSSR count). The van der Waals surface area contributed by atoms with E-state index in [1.165, 1.54) is 32.1 Å². The van der Waals surface area contributed by atoms with Gasteiger partial charge in [-0.3, -0.25) is 4.79 Å². The predicted molar refractivity (Wildman–Crippen MR) is 117 cm³/mol. The molecule has 0 aromatic rings. The van der Waals surface area contributed by atoms with E-state index in [1.54, 1.807) is 0 Å². The summed E-state index contributed by atoms with van der Waals surface area (Å²) in [5.41, 5.74) is -0.683. The van der Waals surface area contributed by atoms with Gasteiger partial charge in [-0.25, -0.2) is 0 Å². The Bertz CT molecular complexity index is 463. The van der Waals surface area contributed by atoms with Crippen molar-refractivity contribution in [1.82, 2.24) is 0 Å². The summed E-state index contributed by atoms with van der Waals surface area (Å²) in [6.45, 7) is 20.8. The smallest absolute Gasteiger partial charge is 0.312 e. The fourth-order valence-corrected chi connectivity index (χ4v) is 6.42. The van der Waals surface area contributed by atoms with Gasteiger partial charge in [-0.2, -0.15) is 0 Å². The number of esters is 1. The highest BCUT2D eigenvalue weighted by Gasteiger charge is 2.58. The quantitative estimate of drug-likeness (QED) is 0.461. The Balaban J connectivity index is 0.000000855. The summed E-state index contributed by atoms with van der Waals surface area (Å²) in [5, 5.41) is 0. The molecule has 3 saturated carbocycles. The molecule has 27 heavy (non-hydrogen) atoms. The van der Waals surface area contributed by atoms with E-state index in [1.807, 2.05) is 41.5 Å². The second kappa shape index (κ2) is 9.79. The third-order valence-corrected chi connectivity index (χ3v) is 7.15. The highest BCUT2D eigenvalue weighted by atomic mass is 16.6. The summed E-state index contributed by atoms with van der Waals surface area (Å²) in [5.74, 6) is 4.75.